The van der Waals surface area contributed by atoms with E-state index in [0.29, 0.717) is 10.8 Å². The number of aryl methyl sites for hydroxylation is 1. The van der Waals surface area contributed by atoms with Crippen LogP contribution in [0.25, 0.3) is 0 Å². The van der Waals surface area contributed by atoms with Crippen LogP contribution < -0.4 is 15.0 Å². The molecule has 0 unspecified atom stereocenters. The standard InChI is InChI=1S/C18H19ClN2O2/c1-23-17-9-8-14(19)11-15(17)20-12-18(22)21-10-4-6-13-5-2-3-7-16(13)21/h2-3,5,7-9,11,20H,4,6,10,12H2,1H3. The lowest BCUT2D eigenvalue weighted by molar-refractivity contribution is -0.117. The Kier molecular flexibility index (Phi) is 4.72. The van der Waals surface area contributed by atoms with E-state index in [2.05, 4.69) is 11.4 Å². The number of anilines is 2. The lowest BCUT2D eigenvalue weighted by Crippen LogP contribution is -2.39. The smallest absolute Gasteiger partial charge is 0.246 e. The van der Waals surface area contributed by atoms with Crippen molar-refractivity contribution in [2.24, 2.45) is 0 Å². The summed E-state index contributed by atoms with van der Waals surface area (Å²) in [7, 11) is 1.59. The van der Waals surface area contributed by atoms with Crippen LogP contribution in [0.3, 0.4) is 0 Å². The summed E-state index contributed by atoms with van der Waals surface area (Å²) < 4.78 is 5.29. The Balaban J connectivity index is 1.73. The van der Waals surface area contributed by atoms with Crippen molar-refractivity contribution in [3.8, 4) is 5.75 Å². The van der Waals surface area contributed by atoms with Gasteiger partial charge in [0.15, 0.2) is 0 Å². The van der Waals surface area contributed by atoms with Gasteiger partial charge >= 0.3 is 0 Å². The number of halogens is 1. The molecule has 5 heteroatoms. The van der Waals surface area contributed by atoms with Gasteiger partial charge < -0.3 is 15.0 Å². The summed E-state index contributed by atoms with van der Waals surface area (Å²) in [6.45, 7) is 0.954. The molecule has 3 rings (SSSR count). The van der Waals surface area contributed by atoms with E-state index in [1.807, 2.05) is 23.1 Å². The number of hydrogen-bond donors (Lipinski definition) is 1. The first-order valence-corrected chi connectivity index (χ1v) is 8.02. The number of nitrogens with one attached hydrogen (secondary N) is 1. The fourth-order valence-corrected chi connectivity index (χ4v) is 3.05. The molecule has 0 radical (unpaired) electrons. The van der Waals surface area contributed by atoms with Gasteiger partial charge in [-0.25, -0.2) is 0 Å². The van der Waals surface area contributed by atoms with Crippen LogP contribution in [0.15, 0.2) is 42.5 Å². The highest BCUT2D eigenvalue weighted by molar-refractivity contribution is 6.31. The number of methoxy groups -OCH3 is 1. The summed E-state index contributed by atoms with van der Waals surface area (Å²) in [6.07, 6.45) is 2.01. The van der Waals surface area contributed by atoms with E-state index in [4.69, 9.17) is 16.3 Å². The quantitative estimate of drug-likeness (QED) is 0.928. The number of rotatable bonds is 4. The maximum atomic E-state index is 12.6. The van der Waals surface area contributed by atoms with Crippen LogP contribution in [0, 0.1) is 0 Å². The molecule has 1 aliphatic heterocycles. The van der Waals surface area contributed by atoms with Gasteiger partial charge in [0.1, 0.15) is 5.75 Å². The third-order valence-electron chi connectivity index (χ3n) is 4.00. The van der Waals surface area contributed by atoms with Gasteiger partial charge in [-0.2, -0.15) is 0 Å². The maximum absolute atomic E-state index is 12.6. The fourth-order valence-electron chi connectivity index (χ4n) is 2.88. The molecular formula is C18H19ClN2O2. The minimum Gasteiger partial charge on any atom is -0.495 e. The predicted octanol–water partition coefficient (Wildman–Crippen LogP) is 3.74. The molecule has 2 aromatic carbocycles. The molecule has 1 N–H and O–H groups in total. The first-order chi connectivity index (χ1) is 11.2. The molecule has 4 nitrogen and oxygen atoms in total. The van der Waals surface area contributed by atoms with Gasteiger partial charge in [0, 0.05) is 17.3 Å². The van der Waals surface area contributed by atoms with Crippen LogP contribution in [0.4, 0.5) is 11.4 Å². The van der Waals surface area contributed by atoms with Gasteiger partial charge in [0.05, 0.1) is 19.3 Å². The second-order valence-corrected chi connectivity index (χ2v) is 5.91. The highest BCUT2D eigenvalue weighted by Crippen LogP contribution is 2.29. The Morgan fingerprint density at radius 1 is 1.30 bits per heavy atom. The molecule has 1 heterocycles. The number of carbonyl (C=O) groups is 1. The highest BCUT2D eigenvalue weighted by Gasteiger charge is 2.21. The molecule has 23 heavy (non-hydrogen) atoms. The first-order valence-electron chi connectivity index (χ1n) is 7.64. The normalized spacial score (nSPS) is 13.4. The minimum atomic E-state index is 0.0409. The second-order valence-electron chi connectivity index (χ2n) is 5.48. The topological polar surface area (TPSA) is 41.6 Å². The Labute approximate surface area is 141 Å². The lowest BCUT2D eigenvalue weighted by Gasteiger charge is -2.29. The summed E-state index contributed by atoms with van der Waals surface area (Å²) in [5.74, 6) is 0.709. The first kappa shape index (κ1) is 15.7. The maximum Gasteiger partial charge on any atom is 0.246 e. The molecule has 0 atom stereocenters. The third-order valence-corrected chi connectivity index (χ3v) is 4.24. The number of benzene rings is 2. The van der Waals surface area contributed by atoms with Crippen LogP contribution >= 0.6 is 11.6 Å². The zero-order valence-corrected chi connectivity index (χ0v) is 13.8. The van der Waals surface area contributed by atoms with Gasteiger partial charge in [0.2, 0.25) is 5.91 Å². The molecule has 1 aliphatic rings. The molecule has 2 aromatic rings. The molecule has 0 aromatic heterocycles. The Hall–Kier alpha value is -2.20. The summed E-state index contributed by atoms with van der Waals surface area (Å²) in [4.78, 5) is 14.5. The molecule has 0 bridgehead atoms. The average molecular weight is 331 g/mol. The zero-order valence-electron chi connectivity index (χ0n) is 13.0. The largest absolute Gasteiger partial charge is 0.495 e. The lowest BCUT2D eigenvalue weighted by atomic mass is 10.0. The van der Waals surface area contributed by atoms with Gasteiger partial charge in [-0.1, -0.05) is 29.8 Å². The summed E-state index contributed by atoms with van der Waals surface area (Å²) in [6, 6.07) is 13.4. The van der Waals surface area contributed by atoms with E-state index < -0.39 is 0 Å². The molecular weight excluding hydrogens is 312 g/mol. The van der Waals surface area contributed by atoms with Crippen molar-refractivity contribution in [3.63, 3.8) is 0 Å². The van der Waals surface area contributed by atoms with Gasteiger partial charge in [0.25, 0.3) is 0 Å². The molecule has 120 valence electrons. The molecule has 0 saturated heterocycles. The van der Waals surface area contributed by atoms with E-state index in [9.17, 15) is 4.79 Å². The van der Waals surface area contributed by atoms with Crippen LogP contribution in [0.5, 0.6) is 5.75 Å². The molecule has 0 spiro atoms. The Morgan fingerprint density at radius 3 is 2.96 bits per heavy atom. The van der Waals surface area contributed by atoms with E-state index in [1.165, 1.54) is 5.56 Å². The van der Waals surface area contributed by atoms with Crippen LogP contribution in [0.1, 0.15) is 12.0 Å². The SMILES string of the molecule is COc1ccc(Cl)cc1NCC(=O)N1CCCc2ccccc21. The molecule has 0 saturated carbocycles. The average Bonchev–Trinajstić information content (AvgIpc) is 2.59. The van der Waals surface area contributed by atoms with Crippen LogP contribution in [-0.4, -0.2) is 26.1 Å². The van der Waals surface area contributed by atoms with Crippen molar-refractivity contribution in [2.75, 3.05) is 30.4 Å². The number of fused-ring (bicyclic) bond motifs is 1. The van der Waals surface area contributed by atoms with E-state index in [0.717, 1.165) is 30.8 Å². The zero-order chi connectivity index (χ0) is 16.2. The van der Waals surface area contributed by atoms with Gasteiger partial charge in [-0.15, -0.1) is 0 Å². The summed E-state index contributed by atoms with van der Waals surface area (Å²) >= 11 is 6.01. The Morgan fingerprint density at radius 2 is 2.13 bits per heavy atom. The fraction of sp³-hybridized carbons (Fsp3) is 0.278. The van der Waals surface area contributed by atoms with Gasteiger partial charge in [-0.05, 0) is 42.7 Å². The molecule has 0 aliphatic carbocycles. The third kappa shape index (κ3) is 3.42. The number of carbonyl (C=O) groups excluding carboxylic acids is 1. The van der Waals surface area contributed by atoms with Crippen molar-refractivity contribution in [1.82, 2.24) is 0 Å². The van der Waals surface area contributed by atoms with Crippen molar-refractivity contribution in [3.05, 3.63) is 53.1 Å². The highest BCUT2D eigenvalue weighted by atomic mass is 35.5. The number of para-hydroxylation sites is 1. The molecule has 1 amide bonds. The van der Waals surface area contributed by atoms with E-state index in [1.54, 1.807) is 25.3 Å². The van der Waals surface area contributed by atoms with Crippen molar-refractivity contribution >= 4 is 28.9 Å². The van der Waals surface area contributed by atoms with Crippen LogP contribution in [-0.2, 0) is 11.2 Å². The number of hydrogen-bond acceptors (Lipinski definition) is 3. The number of amides is 1. The minimum absolute atomic E-state index is 0.0409. The van der Waals surface area contributed by atoms with E-state index >= 15 is 0 Å². The molecule has 0 fully saturated rings. The number of ether oxygens (including phenoxy) is 1. The summed E-state index contributed by atoms with van der Waals surface area (Å²) in [5.41, 5.74) is 2.97. The van der Waals surface area contributed by atoms with Crippen molar-refractivity contribution in [1.29, 1.82) is 0 Å². The van der Waals surface area contributed by atoms with Crippen molar-refractivity contribution in [2.45, 2.75) is 12.8 Å². The summed E-state index contributed by atoms with van der Waals surface area (Å²) in [5, 5.41) is 3.73. The second kappa shape index (κ2) is 6.92. The van der Waals surface area contributed by atoms with Crippen molar-refractivity contribution < 1.29 is 9.53 Å². The predicted molar refractivity (Wildman–Crippen MR) is 93.6 cm³/mol. The van der Waals surface area contributed by atoms with E-state index in [-0.39, 0.29) is 12.5 Å². The monoisotopic (exact) mass is 330 g/mol. The van der Waals surface area contributed by atoms with Gasteiger partial charge in [-0.3, -0.25) is 4.79 Å². The Bertz CT molecular complexity index is 718. The number of nitrogens with zero attached hydrogens (tertiary/aromatic N) is 1. The van der Waals surface area contributed by atoms with Crippen LogP contribution in [0.2, 0.25) is 5.02 Å².